The highest BCUT2D eigenvalue weighted by molar-refractivity contribution is 6.15. The van der Waals surface area contributed by atoms with Gasteiger partial charge in [0.15, 0.2) is 6.61 Å². The fraction of sp³-hybridized carbons (Fsp3) is 0.833. The lowest BCUT2D eigenvalue weighted by Crippen LogP contribution is -2.67. The van der Waals surface area contributed by atoms with Crippen molar-refractivity contribution >= 4 is 23.5 Å². The Bertz CT molecular complexity index is 230. The zero-order valence-electron chi connectivity index (χ0n) is 11.4. The molecule has 0 spiro atoms. The summed E-state index contributed by atoms with van der Waals surface area (Å²) in [4.78, 5) is 22.1. The number of halogens is 1. The van der Waals surface area contributed by atoms with Gasteiger partial charge in [-0.05, 0) is 12.8 Å². The standard InChI is InChI=1S/C11H21NO4.CH3Cl/c1-3-5-8(6-4-2)11(15)16-7-9(12)10(13)14;1-2/h8-9H,3-7,12H2,1-2H3,(H,13,14);1H3/p+1. The fourth-order valence-electron chi connectivity index (χ4n) is 1.45. The van der Waals surface area contributed by atoms with E-state index in [-0.39, 0.29) is 18.5 Å². The van der Waals surface area contributed by atoms with Crippen LogP contribution in [0.1, 0.15) is 39.5 Å². The molecule has 108 valence electrons. The molecule has 0 amide bonds. The van der Waals surface area contributed by atoms with Crippen LogP contribution in [0.4, 0.5) is 0 Å². The predicted octanol–water partition coefficient (Wildman–Crippen LogP) is 1.30. The summed E-state index contributed by atoms with van der Waals surface area (Å²) in [5.74, 6) is -1.44. The number of carbonyl (C=O) groups excluding carboxylic acids is 1. The maximum Gasteiger partial charge on any atom is 0.366 e. The van der Waals surface area contributed by atoms with Gasteiger partial charge in [-0.2, -0.15) is 0 Å². The Balaban J connectivity index is 0. The van der Waals surface area contributed by atoms with Crippen LogP contribution in [0, 0.1) is 5.92 Å². The summed E-state index contributed by atoms with van der Waals surface area (Å²) in [6, 6.07) is -0.882. The van der Waals surface area contributed by atoms with E-state index in [1.165, 1.54) is 6.38 Å². The molecule has 0 radical (unpaired) electrons. The van der Waals surface area contributed by atoms with Gasteiger partial charge in [0.2, 0.25) is 6.04 Å². The van der Waals surface area contributed by atoms with Crippen molar-refractivity contribution in [1.82, 2.24) is 0 Å². The number of aliphatic carboxylic acids is 1. The van der Waals surface area contributed by atoms with Crippen LogP contribution >= 0.6 is 11.6 Å². The number of alkyl halides is 1. The number of rotatable bonds is 8. The third kappa shape index (κ3) is 9.24. The number of carbonyl (C=O) groups is 2. The number of hydrogen-bond acceptors (Lipinski definition) is 3. The summed E-state index contributed by atoms with van der Waals surface area (Å²) in [5, 5.41) is 8.59. The first-order valence-corrected chi connectivity index (χ1v) is 6.88. The summed E-state index contributed by atoms with van der Waals surface area (Å²) in [6.07, 6.45) is 4.90. The number of hydrogen-bond donors (Lipinski definition) is 2. The second-order valence-electron chi connectivity index (χ2n) is 3.94. The van der Waals surface area contributed by atoms with Crippen molar-refractivity contribution in [3.63, 3.8) is 0 Å². The van der Waals surface area contributed by atoms with Crippen molar-refractivity contribution in [3.05, 3.63) is 0 Å². The SMILES string of the molecule is CCCC(CCC)C(=O)OCC([NH3+])C(=O)O.CCl. The van der Waals surface area contributed by atoms with Crippen LogP contribution in [0.5, 0.6) is 0 Å². The Kier molecular flexibility index (Phi) is 13.7. The van der Waals surface area contributed by atoms with Gasteiger partial charge < -0.3 is 15.6 Å². The van der Waals surface area contributed by atoms with E-state index in [9.17, 15) is 9.59 Å². The molecule has 6 heteroatoms. The Morgan fingerprint density at radius 2 is 1.67 bits per heavy atom. The summed E-state index contributed by atoms with van der Waals surface area (Å²) in [7, 11) is 0. The number of esters is 1. The molecule has 0 bridgehead atoms. The van der Waals surface area contributed by atoms with Crippen molar-refractivity contribution in [3.8, 4) is 0 Å². The normalized spacial score (nSPS) is 11.4. The van der Waals surface area contributed by atoms with Crippen LogP contribution in [0.15, 0.2) is 0 Å². The van der Waals surface area contributed by atoms with Crippen molar-refractivity contribution in [2.24, 2.45) is 5.92 Å². The van der Waals surface area contributed by atoms with Crippen molar-refractivity contribution in [2.75, 3.05) is 13.0 Å². The van der Waals surface area contributed by atoms with E-state index < -0.39 is 12.0 Å². The van der Waals surface area contributed by atoms with E-state index in [1.54, 1.807) is 0 Å². The van der Waals surface area contributed by atoms with Crippen LogP contribution in [0.3, 0.4) is 0 Å². The van der Waals surface area contributed by atoms with Gasteiger partial charge in [-0.1, -0.05) is 26.7 Å². The number of carboxylic acid groups (broad SMARTS) is 1. The molecule has 0 heterocycles. The lowest BCUT2D eigenvalue weighted by atomic mass is 9.99. The molecule has 0 fully saturated rings. The average molecular weight is 283 g/mol. The minimum Gasteiger partial charge on any atom is -0.477 e. The van der Waals surface area contributed by atoms with Gasteiger partial charge in [-0.3, -0.25) is 4.79 Å². The van der Waals surface area contributed by atoms with E-state index in [2.05, 4.69) is 17.3 Å². The Labute approximate surface area is 114 Å². The first kappa shape index (κ1) is 19.5. The van der Waals surface area contributed by atoms with Crippen LogP contribution < -0.4 is 5.73 Å². The Hall–Kier alpha value is -0.810. The minimum absolute atomic E-state index is 0.101. The molecule has 18 heavy (non-hydrogen) atoms. The topological polar surface area (TPSA) is 91.2 Å². The third-order valence-corrected chi connectivity index (χ3v) is 2.38. The average Bonchev–Trinajstić information content (AvgIpc) is 2.37. The monoisotopic (exact) mass is 282 g/mol. The molecule has 0 aliphatic carbocycles. The number of ether oxygens (including phenoxy) is 1. The summed E-state index contributed by atoms with van der Waals surface area (Å²) in [6.45, 7) is 3.88. The first-order chi connectivity index (χ1) is 8.52. The molecule has 1 unspecified atom stereocenters. The molecule has 0 aliphatic heterocycles. The van der Waals surface area contributed by atoms with Crippen molar-refractivity contribution in [1.29, 1.82) is 0 Å². The van der Waals surface area contributed by atoms with Gasteiger partial charge in [-0.25, -0.2) is 4.79 Å². The smallest absolute Gasteiger partial charge is 0.366 e. The molecule has 1 atom stereocenters. The maximum atomic E-state index is 11.6. The van der Waals surface area contributed by atoms with E-state index >= 15 is 0 Å². The molecular weight excluding hydrogens is 258 g/mol. The highest BCUT2D eigenvalue weighted by Gasteiger charge is 2.22. The lowest BCUT2D eigenvalue weighted by Gasteiger charge is -2.14. The summed E-state index contributed by atoms with van der Waals surface area (Å²) >= 11 is 4.64. The van der Waals surface area contributed by atoms with Gasteiger partial charge >= 0.3 is 11.9 Å². The third-order valence-electron chi connectivity index (χ3n) is 2.38. The summed E-state index contributed by atoms with van der Waals surface area (Å²) < 4.78 is 4.95. The molecule has 0 aromatic rings. The van der Waals surface area contributed by atoms with Crippen LogP contribution in [0.25, 0.3) is 0 Å². The highest BCUT2D eigenvalue weighted by atomic mass is 35.5. The second kappa shape index (κ2) is 12.6. The largest absolute Gasteiger partial charge is 0.477 e. The fourth-order valence-corrected chi connectivity index (χ4v) is 1.45. The maximum absolute atomic E-state index is 11.6. The van der Waals surface area contributed by atoms with Crippen LogP contribution in [-0.2, 0) is 14.3 Å². The van der Waals surface area contributed by atoms with Gasteiger partial charge in [0, 0.05) is 6.38 Å². The van der Waals surface area contributed by atoms with Gasteiger partial charge in [0.05, 0.1) is 5.92 Å². The molecule has 5 nitrogen and oxygen atoms in total. The van der Waals surface area contributed by atoms with Crippen molar-refractivity contribution in [2.45, 2.75) is 45.6 Å². The molecule has 0 aromatic heterocycles. The summed E-state index contributed by atoms with van der Waals surface area (Å²) in [5.41, 5.74) is 3.38. The van der Waals surface area contributed by atoms with E-state index in [4.69, 9.17) is 9.84 Å². The van der Waals surface area contributed by atoms with Gasteiger partial charge in [0.25, 0.3) is 0 Å². The molecule has 0 rings (SSSR count). The molecule has 0 saturated carbocycles. The zero-order valence-corrected chi connectivity index (χ0v) is 12.2. The van der Waals surface area contributed by atoms with Crippen LogP contribution in [-0.4, -0.2) is 36.1 Å². The lowest BCUT2D eigenvalue weighted by molar-refractivity contribution is -0.412. The van der Waals surface area contributed by atoms with Crippen LogP contribution in [0.2, 0.25) is 0 Å². The molecule has 4 N–H and O–H groups in total. The predicted molar refractivity (Wildman–Crippen MR) is 70.4 cm³/mol. The quantitative estimate of drug-likeness (QED) is 0.518. The molecule has 0 aliphatic rings. The zero-order chi connectivity index (χ0) is 14.6. The number of carboxylic acids is 1. The molecular formula is C12H25ClNO4+. The Morgan fingerprint density at radius 3 is 2.00 bits per heavy atom. The molecule has 0 aromatic carbocycles. The minimum atomic E-state index is -1.05. The second-order valence-corrected chi connectivity index (χ2v) is 3.94. The van der Waals surface area contributed by atoms with E-state index in [0.717, 1.165) is 25.7 Å². The van der Waals surface area contributed by atoms with Gasteiger partial charge in [0.1, 0.15) is 0 Å². The van der Waals surface area contributed by atoms with Gasteiger partial charge in [-0.15, -0.1) is 11.6 Å². The van der Waals surface area contributed by atoms with E-state index in [1.807, 2.05) is 13.8 Å². The highest BCUT2D eigenvalue weighted by Crippen LogP contribution is 2.15. The number of quaternary nitrogens is 1. The van der Waals surface area contributed by atoms with Crippen molar-refractivity contribution < 1.29 is 25.2 Å². The van der Waals surface area contributed by atoms with E-state index in [0.29, 0.717) is 0 Å². The first-order valence-electron chi connectivity index (χ1n) is 6.13. The molecule has 0 saturated heterocycles. The Morgan fingerprint density at radius 1 is 1.22 bits per heavy atom.